The molecule has 18 heavy (non-hydrogen) atoms. The van der Waals surface area contributed by atoms with Crippen molar-refractivity contribution < 1.29 is 0 Å². The molecule has 0 aliphatic carbocycles. The van der Waals surface area contributed by atoms with Crippen LogP contribution in [0.1, 0.15) is 38.2 Å². The van der Waals surface area contributed by atoms with Gasteiger partial charge in [0.25, 0.3) is 0 Å². The maximum atomic E-state index is 2.38. The zero-order chi connectivity index (χ0) is 13.0. The van der Waals surface area contributed by atoms with E-state index in [1.807, 2.05) is 0 Å². The fourth-order valence-electron chi connectivity index (χ4n) is 2.55. The van der Waals surface area contributed by atoms with E-state index in [-0.39, 0.29) is 0 Å². The van der Waals surface area contributed by atoms with Crippen molar-refractivity contribution in [1.29, 1.82) is 0 Å². The Hall–Kier alpha value is -0.630. The van der Waals surface area contributed by atoms with E-state index in [2.05, 4.69) is 55.9 Å². The second-order valence-electron chi connectivity index (χ2n) is 5.54. The van der Waals surface area contributed by atoms with Gasteiger partial charge in [0, 0.05) is 30.4 Å². The molecule has 0 N–H and O–H groups in total. The normalized spacial score (nSPS) is 19.2. The highest BCUT2D eigenvalue weighted by Crippen LogP contribution is 2.35. The summed E-state index contributed by atoms with van der Waals surface area (Å²) in [6.07, 6.45) is 6.77. The minimum absolute atomic E-state index is 0.921. The monoisotopic (exact) mass is 263 g/mol. The highest BCUT2D eigenvalue weighted by molar-refractivity contribution is 7.99. The van der Waals surface area contributed by atoms with Crippen LogP contribution in [0, 0.1) is 5.92 Å². The van der Waals surface area contributed by atoms with Gasteiger partial charge in [0.05, 0.1) is 0 Å². The lowest BCUT2D eigenvalue weighted by Crippen LogP contribution is -2.09. The number of anilines is 1. The molecule has 0 spiro atoms. The van der Waals surface area contributed by atoms with Crippen molar-refractivity contribution >= 4 is 17.4 Å². The fourth-order valence-corrected chi connectivity index (χ4v) is 3.81. The molecule has 0 bridgehead atoms. The lowest BCUT2D eigenvalue weighted by atomic mass is 9.96. The molecule has 0 amide bonds. The predicted molar refractivity (Wildman–Crippen MR) is 82.8 cm³/mol. The fraction of sp³-hybridized carbons (Fsp3) is 0.625. The Morgan fingerprint density at radius 2 is 2.17 bits per heavy atom. The smallest absolute Gasteiger partial charge is 0.0364 e. The van der Waals surface area contributed by atoms with Crippen LogP contribution in [0.3, 0.4) is 0 Å². The number of fused-ring (bicyclic) bond motifs is 1. The van der Waals surface area contributed by atoms with Crippen molar-refractivity contribution in [2.75, 3.05) is 24.7 Å². The van der Waals surface area contributed by atoms with Gasteiger partial charge in [-0.05, 0) is 48.9 Å². The molecule has 100 valence electrons. The van der Waals surface area contributed by atoms with Crippen molar-refractivity contribution in [3.63, 3.8) is 0 Å². The Bertz CT molecular complexity index is 387. The second-order valence-corrected chi connectivity index (χ2v) is 6.61. The lowest BCUT2D eigenvalue weighted by molar-refractivity contribution is 0.482. The van der Waals surface area contributed by atoms with E-state index < -0.39 is 0 Å². The molecule has 1 aliphatic rings. The van der Waals surface area contributed by atoms with Crippen LogP contribution in [-0.4, -0.2) is 19.8 Å². The molecular weight excluding hydrogens is 238 g/mol. The summed E-state index contributed by atoms with van der Waals surface area (Å²) >= 11 is 2.07. The summed E-state index contributed by atoms with van der Waals surface area (Å²) in [7, 11) is 4.24. The van der Waals surface area contributed by atoms with E-state index in [9.17, 15) is 0 Å². The van der Waals surface area contributed by atoms with Crippen LogP contribution in [-0.2, 0) is 6.42 Å². The average Bonchev–Trinajstić information content (AvgIpc) is 2.58. The van der Waals surface area contributed by atoms with Crippen LogP contribution in [0.15, 0.2) is 23.1 Å². The third kappa shape index (κ3) is 3.44. The Labute approximate surface area is 116 Å². The summed E-state index contributed by atoms with van der Waals surface area (Å²) in [6.45, 7) is 2.29. The van der Waals surface area contributed by atoms with Crippen LogP contribution in [0.4, 0.5) is 5.69 Å². The van der Waals surface area contributed by atoms with Crippen molar-refractivity contribution in [3.8, 4) is 0 Å². The standard InChI is InChI=1S/C16H25NS/c1-4-5-6-13-7-8-14-11-15(17(2)3)9-10-16(14)18-12-13/h9-11,13H,4-8,12H2,1-3H3/t13-/m0/s1. The molecule has 0 saturated carbocycles. The van der Waals surface area contributed by atoms with Crippen LogP contribution in [0.5, 0.6) is 0 Å². The predicted octanol–water partition coefficient (Wildman–Crippen LogP) is 4.60. The molecule has 1 aromatic rings. The Kier molecular flexibility index (Phi) is 4.99. The van der Waals surface area contributed by atoms with Crippen LogP contribution in [0.25, 0.3) is 0 Å². The molecule has 2 heteroatoms. The second kappa shape index (κ2) is 6.51. The van der Waals surface area contributed by atoms with Crippen LogP contribution >= 0.6 is 11.8 Å². The molecule has 2 rings (SSSR count). The number of unbranched alkanes of at least 4 members (excludes halogenated alkanes) is 1. The summed E-state index contributed by atoms with van der Waals surface area (Å²) in [5.41, 5.74) is 2.89. The summed E-state index contributed by atoms with van der Waals surface area (Å²) < 4.78 is 0. The van der Waals surface area contributed by atoms with E-state index in [1.165, 1.54) is 48.4 Å². The highest BCUT2D eigenvalue weighted by Gasteiger charge is 2.16. The van der Waals surface area contributed by atoms with Crippen LogP contribution in [0.2, 0.25) is 0 Å². The molecule has 0 radical (unpaired) electrons. The van der Waals surface area contributed by atoms with Crippen molar-refractivity contribution in [3.05, 3.63) is 23.8 Å². The van der Waals surface area contributed by atoms with E-state index in [0.717, 1.165) is 5.92 Å². The third-order valence-corrected chi connectivity index (χ3v) is 5.17. The molecule has 0 saturated heterocycles. The maximum Gasteiger partial charge on any atom is 0.0364 e. The van der Waals surface area contributed by atoms with Crippen molar-refractivity contribution in [2.45, 2.75) is 43.9 Å². The quantitative estimate of drug-likeness (QED) is 0.781. The Morgan fingerprint density at radius 3 is 2.89 bits per heavy atom. The molecule has 0 unspecified atom stereocenters. The topological polar surface area (TPSA) is 3.24 Å². The average molecular weight is 263 g/mol. The number of hydrogen-bond acceptors (Lipinski definition) is 2. The summed E-state index contributed by atoms with van der Waals surface area (Å²) in [4.78, 5) is 3.71. The minimum Gasteiger partial charge on any atom is -0.378 e. The first-order valence-electron chi connectivity index (χ1n) is 7.13. The van der Waals surface area contributed by atoms with E-state index >= 15 is 0 Å². The summed E-state index contributed by atoms with van der Waals surface area (Å²) in [5.74, 6) is 2.24. The van der Waals surface area contributed by atoms with Crippen LogP contribution < -0.4 is 4.90 Å². The number of thioether (sulfide) groups is 1. The van der Waals surface area contributed by atoms with Gasteiger partial charge in [-0.15, -0.1) is 11.8 Å². The van der Waals surface area contributed by atoms with Gasteiger partial charge in [-0.25, -0.2) is 0 Å². The van der Waals surface area contributed by atoms with E-state index in [4.69, 9.17) is 0 Å². The van der Waals surface area contributed by atoms with Crippen molar-refractivity contribution in [2.24, 2.45) is 5.92 Å². The zero-order valence-electron chi connectivity index (χ0n) is 11.9. The van der Waals surface area contributed by atoms with Gasteiger partial charge >= 0.3 is 0 Å². The minimum atomic E-state index is 0.921. The third-order valence-electron chi connectivity index (χ3n) is 3.82. The molecule has 1 heterocycles. The summed E-state index contributed by atoms with van der Waals surface area (Å²) in [6, 6.07) is 6.94. The number of nitrogens with zero attached hydrogens (tertiary/aromatic N) is 1. The molecule has 0 aromatic heterocycles. The maximum absolute atomic E-state index is 2.38. The molecule has 0 fully saturated rings. The Balaban J connectivity index is 2.05. The van der Waals surface area contributed by atoms with Crippen molar-refractivity contribution in [1.82, 2.24) is 0 Å². The Morgan fingerprint density at radius 1 is 1.33 bits per heavy atom. The van der Waals surface area contributed by atoms with Gasteiger partial charge in [0.2, 0.25) is 0 Å². The van der Waals surface area contributed by atoms with Gasteiger partial charge in [-0.3, -0.25) is 0 Å². The highest BCUT2D eigenvalue weighted by atomic mass is 32.2. The summed E-state index contributed by atoms with van der Waals surface area (Å²) in [5, 5.41) is 0. The van der Waals surface area contributed by atoms with E-state index in [1.54, 1.807) is 5.56 Å². The van der Waals surface area contributed by atoms with Gasteiger partial charge < -0.3 is 4.90 Å². The number of aryl methyl sites for hydroxylation is 1. The van der Waals surface area contributed by atoms with Gasteiger partial charge in [-0.2, -0.15) is 0 Å². The number of benzene rings is 1. The first-order chi connectivity index (χ1) is 8.70. The molecule has 1 nitrogen and oxygen atoms in total. The van der Waals surface area contributed by atoms with Gasteiger partial charge in [-0.1, -0.05) is 19.8 Å². The first-order valence-corrected chi connectivity index (χ1v) is 8.12. The lowest BCUT2D eigenvalue weighted by Gasteiger charge is -2.15. The molecule has 1 aromatic carbocycles. The number of rotatable bonds is 4. The zero-order valence-corrected chi connectivity index (χ0v) is 12.7. The van der Waals surface area contributed by atoms with E-state index in [0.29, 0.717) is 0 Å². The molecular formula is C16H25NS. The first kappa shape index (κ1) is 13.8. The molecule has 1 aliphatic heterocycles. The molecule has 1 atom stereocenters. The number of hydrogen-bond donors (Lipinski definition) is 0. The SMILES string of the molecule is CCCC[C@H]1CCc2cc(N(C)C)ccc2SC1. The van der Waals surface area contributed by atoms with Gasteiger partial charge in [0.1, 0.15) is 0 Å². The largest absolute Gasteiger partial charge is 0.378 e. The van der Waals surface area contributed by atoms with Gasteiger partial charge in [0.15, 0.2) is 0 Å².